The average molecular weight is 286 g/mol. The predicted octanol–water partition coefficient (Wildman–Crippen LogP) is 0.0325. The van der Waals surface area contributed by atoms with E-state index in [1.54, 1.807) is 18.7 Å². The monoisotopic (exact) mass is 286 g/mol. The second-order valence-corrected chi connectivity index (χ2v) is 6.22. The van der Waals surface area contributed by atoms with Crippen LogP contribution in [-0.2, 0) is 9.53 Å². The van der Waals surface area contributed by atoms with Crippen LogP contribution in [0.4, 0.5) is 4.79 Å². The number of ether oxygens (including phenoxy) is 1. The molecule has 3 N–H and O–H groups in total. The number of hydrogen-bond acceptors (Lipinski definition) is 4. The summed E-state index contributed by atoms with van der Waals surface area (Å²) in [5.41, 5.74) is -1.81. The number of carbonyl (C=O) groups is 2. The fourth-order valence-electron chi connectivity index (χ4n) is 2.52. The Bertz CT molecular complexity index is 402. The molecule has 2 saturated heterocycles. The highest BCUT2D eigenvalue weighted by atomic mass is 16.5. The molecule has 2 atom stereocenters. The van der Waals surface area contributed by atoms with E-state index in [-0.39, 0.29) is 19.2 Å². The Morgan fingerprint density at radius 3 is 2.45 bits per heavy atom. The number of nitrogens with zero attached hydrogens (tertiary/aromatic N) is 1. The number of carboxylic acids is 1. The van der Waals surface area contributed by atoms with Crippen molar-refractivity contribution in [2.75, 3.05) is 26.3 Å². The fourth-order valence-corrected chi connectivity index (χ4v) is 2.52. The number of piperidine rings is 1. The number of carboxylic acid groups (broad SMARTS) is 1. The Morgan fingerprint density at radius 2 is 1.90 bits per heavy atom. The minimum atomic E-state index is -1.09. The van der Waals surface area contributed by atoms with Gasteiger partial charge in [-0.15, -0.1) is 0 Å². The summed E-state index contributed by atoms with van der Waals surface area (Å²) in [6, 6.07) is -0.821. The van der Waals surface area contributed by atoms with Crippen molar-refractivity contribution >= 4 is 12.0 Å². The topological polar surface area (TPSA) is 99.1 Å². The van der Waals surface area contributed by atoms with Gasteiger partial charge in [-0.25, -0.2) is 4.79 Å². The summed E-state index contributed by atoms with van der Waals surface area (Å²) in [7, 11) is 0. The van der Waals surface area contributed by atoms with E-state index in [1.165, 1.54) is 0 Å². The summed E-state index contributed by atoms with van der Waals surface area (Å²) in [6.45, 7) is 4.58. The number of likely N-dealkylation sites (tertiary alicyclic amines) is 1. The van der Waals surface area contributed by atoms with Crippen molar-refractivity contribution in [3.8, 4) is 0 Å². The molecule has 2 unspecified atom stereocenters. The Kier molecular flexibility index (Phi) is 3.93. The summed E-state index contributed by atoms with van der Waals surface area (Å²) < 4.78 is 5.20. The van der Waals surface area contributed by atoms with Crippen LogP contribution in [0.3, 0.4) is 0 Å². The van der Waals surface area contributed by atoms with Gasteiger partial charge >= 0.3 is 12.0 Å². The maximum Gasteiger partial charge on any atom is 0.317 e. The zero-order valence-electron chi connectivity index (χ0n) is 11.9. The molecule has 2 amide bonds. The molecule has 2 aliphatic rings. The van der Waals surface area contributed by atoms with E-state index >= 15 is 0 Å². The molecule has 0 radical (unpaired) electrons. The highest BCUT2D eigenvalue weighted by molar-refractivity contribution is 5.79. The normalized spacial score (nSPS) is 33.0. The molecule has 0 aliphatic carbocycles. The molecule has 0 spiro atoms. The van der Waals surface area contributed by atoms with Crippen molar-refractivity contribution in [3.05, 3.63) is 0 Å². The second-order valence-electron chi connectivity index (χ2n) is 6.22. The van der Waals surface area contributed by atoms with Crippen LogP contribution in [0.5, 0.6) is 0 Å². The molecule has 114 valence electrons. The highest BCUT2D eigenvalue weighted by Crippen LogP contribution is 2.29. The maximum atomic E-state index is 12.2. The van der Waals surface area contributed by atoms with Gasteiger partial charge in [0.05, 0.1) is 24.9 Å². The van der Waals surface area contributed by atoms with E-state index in [2.05, 4.69) is 5.32 Å². The van der Waals surface area contributed by atoms with E-state index < -0.39 is 23.0 Å². The van der Waals surface area contributed by atoms with Gasteiger partial charge in [0.25, 0.3) is 0 Å². The summed E-state index contributed by atoms with van der Waals surface area (Å²) in [6.07, 6.45) is 1.05. The minimum absolute atomic E-state index is 0.0992. The molecule has 0 saturated carbocycles. The second kappa shape index (κ2) is 5.21. The first-order chi connectivity index (χ1) is 9.24. The van der Waals surface area contributed by atoms with Crippen molar-refractivity contribution in [1.82, 2.24) is 10.2 Å². The van der Waals surface area contributed by atoms with Crippen LogP contribution in [0.25, 0.3) is 0 Å². The van der Waals surface area contributed by atoms with Crippen molar-refractivity contribution in [2.24, 2.45) is 5.41 Å². The number of hydrogen-bond donors (Lipinski definition) is 3. The number of rotatable bonds is 2. The van der Waals surface area contributed by atoms with Crippen molar-refractivity contribution in [3.63, 3.8) is 0 Å². The standard InChI is InChI=1S/C13H22N2O5/c1-12(19)3-5-15(6-4-12)11(18)14-9-7-20-8-13(9,2)10(16)17/h9,19H,3-8H2,1-2H3,(H,14,18)(H,16,17). The fraction of sp³-hybridized carbons (Fsp3) is 0.846. The number of amides is 2. The van der Waals surface area contributed by atoms with Gasteiger partial charge in [-0.05, 0) is 26.7 Å². The van der Waals surface area contributed by atoms with Crippen LogP contribution < -0.4 is 5.32 Å². The molecule has 20 heavy (non-hydrogen) atoms. The number of carbonyl (C=O) groups excluding carboxylic acids is 1. The van der Waals surface area contributed by atoms with E-state index in [4.69, 9.17) is 4.74 Å². The van der Waals surface area contributed by atoms with Crippen LogP contribution in [0.15, 0.2) is 0 Å². The molecule has 7 heteroatoms. The van der Waals surface area contributed by atoms with E-state index in [0.717, 1.165) is 0 Å². The van der Waals surface area contributed by atoms with Crippen molar-refractivity contribution in [2.45, 2.75) is 38.3 Å². The van der Waals surface area contributed by atoms with Gasteiger partial charge in [0.1, 0.15) is 5.41 Å². The van der Waals surface area contributed by atoms with Crippen LogP contribution in [0, 0.1) is 5.41 Å². The molecule has 0 aromatic rings. The van der Waals surface area contributed by atoms with Crippen molar-refractivity contribution < 1.29 is 24.5 Å². The zero-order valence-corrected chi connectivity index (χ0v) is 11.9. The summed E-state index contributed by atoms with van der Waals surface area (Å²) >= 11 is 0. The average Bonchev–Trinajstić information content (AvgIpc) is 2.72. The van der Waals surface area contributed by atoms with Crippen LogP contribution in [-0.4, -0.2) is 65.1 Å². The van der Waals surface area contributed by atoms with Crippen LogP contribution >= 0.6 is 0 Å². The van der Waals surface area contributed by atoms with Gasteiger partial charge in [-0.2, -0.15) is 0 Å². The minimum Gasteiger partial charge on any atom is -0.481 e. The number of aliphatic carboxylic acids is 1. The first-order valence-electron chi connectivity index (χ1n) is 6.84. The molecule has 0 aromatic heterocycles. The van der Waals surface area contributed by atoms with Crippen molar-refractivity contribution in [1.29, 1.82) is 0 Å². The number of nitrogens with one attached hydrogen (secondary N) is 1. The third-order valence-corrected chi connectivity index (χ3v) is 4.37. The maximum absolute atomic E-state index is 12.2. The van der Waals surface area contributed by atoms with E-state index in [1.807, 2.05) is 0 Å². The summed E-state index contributed by atoms with van der Waals surface area (Å²) in [5.74, 6) is -0.970. The SMILES string of the molecule is CC1(O)CCN(C(=O)NC2COCC2(C)C(=O)O)CC1. The van der Waals surface area contributed by atoms with E-state index in [9.17, 15) is 19.8 Å². The lowest BCUT2D eigenvalue weighted by molar-refractivity contribution is -0.148. The van der Waals surface area contributed by atoms with Gasteiger partial charge < -0.3 is 25.2 Å². The lowest BCUT2D eigenvalue weighted by Crippen LogP contribution is -2.55. The van der Waals surface area contributed by atoms with E-state index in [0.29, 0.717) is 25.9 Å². The zero-order chi connectivity index (χ0) is 15.0. The number of urea groups is 1. The third-order valence-electron chi connectivity index (χ3n) is 4.37. The Labute approximate surface area is 117 Å². The third kappa shape index (κ3) is 2.88. The Morgan fingerprint density at radius 1 is 1.30 bits per heavy atom. The summed E-state index contributed by atoms with van der Waals surface area (Å²) in [4.78, 5) is 25.1. The van der Waals surface area contributed by atoms with Gasteiger partial charge in [0.2, 0.25) is 0 Å². The first-order valence-corrected chi connectivity index (χ1v) is 6.84. The van der Waals surface area contributed by atoms with Crippen LogP contribution in [0.2, 0.25) is 0 Å². The molecular formula is C13H22N2O5. The largest absolute Gasteiger partial charge is 0.481 e. The molecular weight excluding hydrogens is 264 g/mol. The van der Waals surface area contributed by atoms with Crippen LogP contribution in [0.1, 0.15) is 26.7 Å². The smallest absolute Gasteiger partial charge is 0.317 e. The molecule has 7 nitrogen and oxygen atoms in total. The van der Waals surface area contributed by atoms with Gasteiger partial charge in [0.15, 0.2) is 0 Å². The van der Waals surface area contributed by atoms with Gasteiger partial charge in [-0.3, -0.25) is 4.79 Å². The highest BCUT2D eigenvalue weighted by Gasteiger charge is 2.47. The van der Waals surface area contributed by atoms with Gasteiger partial charge in [-0.1, -0.05) is 0 Å². The first kappa shape index (κ1) is 15.1. The molecule has 0 bridgehead atoms. The molecule has 2 rings (SSSR count). The Balaban J connectivity index is 1.93. The quantitative estimate of drug-likeness (QED) is 0.665. The lowest BCUT2D eigenvalue weighted by Gasteiger charge is -2.37. The number of aliphatic hydroxyl groups is 1. The summed E-state index contributed by atoms with van der Waals surface area (Å²) in [5, 5.41) is 21.9. The lowest BCUT2D eigenvalue weighted by atomic mass is 9.85. The molecule has 2 aliphatic heterocycles. The molecule has 2 heterocycles. The Hall–Kier alpha value is -1.34. The van der Waals surface area contributed by atoms with Gasteiger partial charge in [0, 0.05) is 13.1 Å². The predicted molar refractivity (Wildman–Crippen MR) is 70.3 cm³/mol. The molecule has 2 fully saturated rings. The molecule has 0 aromatic carbocycles.